The van der Waals surface area contributed by atoms with E-state index in [0.29, 0.717) is 0 Å². The highest BCUT2D eigenvalue weighted by atomic mass is 19.3. The van der Waals surface area contributed by atoms with E-state index in [1.54, 1.807) is 0 Å². The van der Waals surface area contributed by atoms with Gasteiger partial charge in [-0.05, 0) is 13.8 Å². The molecule has 0 aromatic heterocycles. The lowest BCUT2D eigenvalue weighted by Crippen LogP contribution is -2.22. The van der Waals surface area contributed by atoms with Crippen molar-refractivity contribution in [2.45, 2.75) is 25.9 Å². The van der Waals surface area contributed by atoms with Crippen molar-refractivity contribution in [2.24, 2.45) is 0 Å². The average molecular weight is 112 g/mol. The van der Waals surface area contributed by atoms with Crippen LogP contribution in [0.1, 0.15) is 13.8 Å². The Labute approximate surface area is 40.3 Å². The van der Waals surface area contributed by atoms with E-state index in [9.17, 15) is 13.2 Å². The molecule has 0 rings (SSSR count). The van der Waals surface area contributed by atoms with Crippen LogP contribution < -0.4 is 0 Å². The van der Waals surface area contributed by atoms with Crippen LogP contribution in [0.4, 0.5) is 13.2 Å². The number of rotatable bonds is 1. The molecule has 0 aromatic rings. The molecule has 3 heteroatoms. The third kappa shape index (κ3) is 2.48. The zero-order valence-electron chi connectivity index (χ0n) is 4.21. The maximum Gasteiger partial charge on any atom is 0.271 e. The molecule has 0 aliphatic carbocycles. The highest BCUT2D eigenvalue weighted by molar-refractivity contribution is 4.67. The highest BCUT2D eigenvalue weighted by Gasteiger charge is 2.27. The molecule has 0 aliphatic rings. The molecule has 0 amide bonds. The standard InChI is InChI=1S/C4H7F3/c1-4(2,7)3(5)6/h3H,1-2H3. The Morgan fingerprint density at radius 3 is 1.43 bits per heavy atom. The summed E-state index contributed by atoms with van der Waals surface area (Å²) in [6.07, 6.45) is -2.87. The first-order valence-electron chi connectivity index (χ1n) is 1.91. The van der Waals surface area contributed by atoms with E-state index in [-0.39, 0.29) is 0 Å². The summed E-state index contributed by atoms with van der Waals surface area (Å²) in [5.41, 5.74) is -2.33. The summed E-state index contributed by atoms with van der Waals surface area (Å²) >= 11 is 0. The van der Waals surface area contributed by atoms with Gasteiger partial charge in [0.05, 0.1) is 0 Å². The highest BCUT2D eigenvalue weighted by Crippen LogP contribution is 2.17. The van der Waals surface area contributed by atoms with Gasteiger partial charge in [-0.3, -0.25) is 0 Å². The van der Waals surface area contributed by atoms with Crippen molar-refractivity contribution in [3.05, 3.63) is 0 Å². The largest absolute Gasteiger partial charge is 0.271 e. The molecule has 0 spiro atoms. The minimum absolute atomic E-state index is 0.845. The SMILES string of the molecule is CC(C)(F)C(F)F. The van der Waals surface area contributed by atoms with Crippen molar-refractivity contribution in [3.8, 4) is 0 Å². The molecule has 0 aliphatic heterocycles. The summed E-state index contributed by atoms with van der Waals surface area (Å²) in [7, 11) is 0. The number of hydrogen-bond acceptors (Lipinski definition) is 0. The van der Waals surface area contributed by atoms with Gasteiger partial charge in [-0.15, -0.1) is 0 Å². The van der Waals surface area contributed by atoms with Crippen molar-refractivity contribution in [2.75, 3.05) is 0 Å². The van der Waals surface area contributed by atoms with Gasteiger partial charge >= 0.3 is 0 Å². The van der Waals surface area contributed by atoms with Gasteiger partial charge in [0.15, 0.2) is 5.67 Å². The number of halogens is 3. The van der Waals surface area contributed by atoms with Gasteiger partial charge in [0, 0.05) is 0 Å². The summed E-state index contributed by atoms with van der Waals surface area (Å²) in [6.45, 7) is 1.69. The van der Waals surface area contributed by atoms with Gasteiger partial charge in [0.25, 0.3) is 6.43 Å². The molecule has 0 N–H and O–H groups in total. The summed E-state index contributed by atoms with van der Waals surface area (Å²) in [4.78, 5) is 0. The molecule has 0 unspecified atom stereocenters. The molecule has 7 heavy (non-hydrogen) atoms. The molecule has 0 bridgehead atoms. The quantitative estimate of drug-likeness (QED) is 0.486. The van der Waals surface area contributed by atoms with E-state index in [1.807, 2.05) is 0 Å². The molecule has 0 saturated carbocycles. The number of alkyl halides is 3. The molecular formula is C4H7F3. The molecule has 0 aromatic carbocycles. The van der Waals surface area contributed by atoms with Crippen LogP contribution >= 0.6 is 0 Å². The summed E-state index contributed by atoms with van der Waals surface area (Å²) in [5, 5.41) is 0. The molecule has 0 atom stereocenters. The van der Waals surface area contributed by atoms with Crippen LogP contribution in [-0.4, -0.2) is 12.1 Å². The van der Waals surface area contributed by atoms with E-state index in [0.717, 1.165) is 13.8 Å². The fourth-order valence-corrected chi connectivity index (χ4v) is 0. The lowest BCUT2D eigenvalue weighted by molar-refractivity contribution is -0.00903. The second-order valence-electron chi connectivity index (χ2n) is 1.87. The molecule has 0 radical (unpaired) electrons. The average Bonchev–Trinajstić information content (AvgIpc) is 1.31. The van der Waals surface area contributed by atoms with Gasteiger partial charge in [-0.2, -0.15) is 0 Å². The van der Waals surface area contributed by atoms with Crippen molar-refractivity contribution in [1.29, 1.82) is 0 Å². The predicted octanol–water partition coefficient (Wildman–Crippen LogP) is 2.00. The maximum absolute atomic E-state index is 11.8. The molecular weight excluding hydrogens is 105 g/mol. The van der Waals surface area contributed by atoms with Crippen LogP contribution in [0.15, 0.2) is 0 Å². The Hall–Kier alpha value is -0.210. The van der Waals surface area contributed by atoms with Gasteiger partial charge < -0.3 is 0 Å². The molecule has 0 fully saturated rings. The van der Waals surface area contributed by atoms with E-state index in [4.69, 9.17) is 0 Å². The normalized spacial score (nSPS) is 12.9. The van der Waals surface area contributed by atoms with E-state index >= 15 is 0 Å². The Bertz CT molecular complexity index is 52.4. The zero-order valence-corrected chi connectivity index (χ0v) is 4.21. The van der Waals surface area contributed by atoms with E-state index < -0.39 is 12.1 Å². The van der Waals surface area contributed by atoms with Crippen molar-refractivity contribution in [1.82, 2.24) is 0 Å². The van der Waals surface area contributed by atoms with Crippen LogP contribution in [0.2, 0.25) is 0 Å². The van der Waals surface area contributed by atoms with Crippen molar-refractivity contribution >= 4 is 0 Å². The second-order valence-corrected chi connectivity index (χ2v) is 1.87. The first kappa shape index (κ1) is 6.79. The van der Waals surface area contributed by atoms with E-state index in [1.165, 1.54) is 0 Å². The summed E-state index contributed by atoms with van der Waals surface area (Å²) < 4.78 is 34.1. The molecule has 0 nitrogen and oxygen atoms in total. The first-order chi connectivity index (χ1) is 2.94. The number of hydrogen-bond donors (Lipinski definition) is 0. The lowest BCUT2D eigenvalue weighted by atomic mass is 10.2. The van der Waals surface area contributed by atoms with Crippen molar-refractivity contribution < 1.29 is 13.2 Å². The second kappa shape index (κ2) is 1.72. The van der Waals surface area contributed by atoms with Crippen LogP contribution in [0.25, 0.3) is 0 Å². The van der Waals surface area contributed by atoms with Crippen molar-refractivity contribution in [3.63, 3.8) is 0 Å². The van der Waals surface area contributed by atoms with Gasteiger partial charge in [0.1, 0.15) is 0 Å². The summed E-state index contributed by atoms with van der Waals surface area (Å²) in [5.74, 6) is 0. The Kier molecular flexibility index (Phi) is 1.67. The van der Waals surface area contributed by atoms with E-state index in [2.05, 4.69) is 0 Å². The minimum atomic E-state index is -2.87. The van der Waals surface area contributed by atoms with Gasteiger partial charge in [0.2, 0.25) is 0 Å². The smallest absolute Gasteiger partial charge is 0.238 e. The summed E-state index contributed by atoms with van der Waals surface area (Å²) in [6, 6.07) is 0. The minimum Gasteiger partial charge on any atom is -0.238 e. The Morgan fingerprint density at radius 2 is 1.43 bits per heavy atom. The fraction of sp³-hybridized carbons (Fsp3) is 1.00. The maximum atomic E-state index is 11.8. The third-order valence-corrected chi connectivity index (χ3v) is 0.519. The Morgan fingerprint density at radius 1 is 1.29 bits per heavy atom. The topological polar surface area (TPSA) is 0 Å². The fourth-order valence-electron chi connectivity index (χ4n) is 0. The van der Waals surface area contributed by atoms with Crippen LogP contribution in [-0.2, 0) is 0 Å². The van der Waals surface area contributed by atoms with Gasteiger partial charge in [-0.25, -0.2) is 13.2 Å². The zero-order chi connectivity index (χ0) is 6.08. The molecule has 44 valence electrons. The van der Waals surface area contributed by atoms with Crippen LogP contribution in [0, 0.1) is 0 Å². The first-order valence-corrected chi connectivity index (χ1v) is 1.91. The molecule has 0 saturated heterocycles. The predicted molar refractivity (Wildman–Crippen MR) is 21.2 cm³/mol. The third-order valence-electron chi connectivity index (χ3n) is 0.519. The van der Waals surface area contributed by atoms with Gasteiger partial charge in [-0.1, -0.05) is 0 Å². The lowest BCUT2D eigenvalue weighted by Gasteiger charge is -2.10. The Balaban J connectivity index is 3.54. The monoisotopic (exact) mass is 112 g/mol. The van der Waals surface area contributed by atoms with Crippen LogP contribution in [0.5, 0.6) is 0 Å². The van der Waals surface area contributed by atoms with Crippen LogP contribution in [0.3, 0.4) is 0 Å². The molecule has 0 heterocycles.